The van der Waals surface area contributed by atoms with Crippen molar-refractivity contribution in [2.75, 3.05) is 13.1 Å². The van der Waals surface area contributed by atoms with Gasteiger partial charge in [-0.1, -0.05) is 0 Å². The summed E-state index contributed by atoms with van der Waals surface area (Å²) in [6.45, 7) is 3.03. The van der Waals surface area contributed by atoms with Gasteiger partial charge >= 0.3 is 0 Å². The van der Waals surface area contributed by atoms with Crippen molar-refractivity contribution in [3.8, 4) is 11.4 Å². The molecule has 1 aliphatic heterocycles. The Morgan fingerprint density at radius 2 is 1.93 bits per heavy atom. The molecule has 1 aliphatic rings. The molecule has 1 saturated heterocycles. The summed E-state index contributed by atoms with van der Waals surface area (Å²) >= 11 is 0. The van der Waals surface area contributed by atoms with Crippen molar-refractivity contribution < 1.29 is 13.6 Å². The fourth-order valence-electron chi connectivity index (χ4n) is 3.94. The molecule has 2 aromatic heterocycles. The zero-order valence-corrected chi connectivity index (χ0v) is 17.0. The second-order valence-corrected chi connectivity index (χ2v) is 7.77. The summed E-state index contributed by atoms with van der Waals surface area (Å²) in [5.74, 6) is -0.733. The Bertz CT molecular complexity index is 1060. The van der Waals surface area contributed by atoms with Gasteiger partial charge in [-0.25, -0.2) is 18.7 Å². The Hall–Kier alpha value is -3.16. The Morgan fingerprint density at radius 3 is 2.63 bits per heavy atom. The molecule has 0 aliphatic carbocycles. The van der Waals surface area contributed by atoms with Gasteiger partial charge in [-0.2, -0.15) is 0 Å². The number of carbonyl (C=O) groups is 1. The van der Waals surface area contributed by atoms with Gasteiger partial charge in [-0.3, -0.25) is 9.78 Å². The predicted molar refractivity (Wildman–Crippen MR) is 108 cm³/mol. The van der Waals surface area contributed by atoms with Crippen LogP contribution in [0.1, 0.15) is 34.7 Å². The first-order valence-corrected chi connectivity index (χ1v) is 9.95. The third-order valence-corrected chi connectivity index (χ3v) is 5.58. The normalized spacial score (nSPS) is 16.7. The van der Waals surface area contributed by atoms with Crippen molar-refractivity contribution in [3.63, 3.8) is 0 Å². The van der Waals surface area contributed by atoms with Crippen LogP contribution in [0, 0.1) is 24.5 Å². The van der Waals surface area contributed by atoms with E-state index in [4.69, 9.17) is 4.98 Å². The van der Waals surface area contributed by atoms with Gasteiger partial charge in [-0.15, -0.1) is 0 Å². The van der Waals surface area contributed by atoms with Gasteiger partial charge in [0.2, 0.25) is 0 Å². The molecule has 1 atom stereocenters. The summed E-state index contributed by atoms with van der Waals surface area (Å²) in [6.07, 6.45) is 7.71. The Labute approximate surface area is 173 Å². The van der Waals surface area contributed by atoms with E-state index in [1.54, 1.807) is 23.5 Å². The van der Waals surface area contributed by atoms with Crippen molar-refractivity contribution in [3.05, 3.63) is 65.5 Å². The van der Waals surface area contributed by atoms with Crippen LogP contribution in [0.2, 0.25) is 0 Å². The van der Waals surface area contributed by atoms with E-state index in [-0.39, 0.29) is 17.4 Å². The highest BCUT2D eigenvalue weighted by Crippen LogP contribution is 2.23. The monoisotopic (exact) mass is 411 g/mol. The first kappa shape index (κ1) is 20.1. The standard InChI is InChI=1S/C22H23F2N5O/c1-14-26-12-21(28(14)2)20-11-25-10-19(27-20)6-15-4-3-5-29(13-15)22(30)16-7-17(23)9-18(24)8-16/h7-12,15H,3-6,13H2,1-2H3. The molecule has 0 saturated carbocycles. The maximum atomic E-state index is 13.5. The van der Waals surface area contributed by atoms with Crippen LogP contribution < -0.4 is 0 Å². The lowest BCUT2D eigenvalue weighted by Gasteiger charge is -2.32. The number of hydrogen-bond donors (Lipinski definition) is 0. The van der Waals surface area contributed by atoms with Crippen LogP contribution in [-0.2, 0) is 13.5 Å². The summed E-state index contributed by atoms with van der Waals surface area (Å²) in [7, 11) is 1.94. The Morgan fingerprint density at radius 1 is 1.17 bits per heavy atom. The molecule has 1 aromatic carbocycles. The van der Waals surface area contributed by atoms with Gasteiger partial charge in [0, 0.05) is 38.0 Å². The quantitative estimate of drug-likeness (QED) is 0.659. The highest BCUT2D eigenvalue weighted by Gasteiger charge is 2.26. The van der Waals surface area contributed by atoms with Crippen molar-refractivity contribution in [2.45, 2.75) is 26.2 Å². The van der Waals surface area contributed by atoms with Gasteiger partial charge in [-0.05, 0) is 44.2 Å². The third-order valence-electron chi connectivity index (χ3n) is 5.58. The van der Waals surface area contributed by atoms with Crippen LogP contribution >= 0.6 is 0 Å². The lowest BCUT2D eigenvalue weighted by molar-refractivity contribution is 0.0671. The molecule has 1 unspecified atom stereocenters. The lowest BCUT2D eigenvalue weighted by atomic mass is 9.93. The molecule has 0 radical (unpaired) electrons. The van der Waals surface area contributed by atoms with Crippen LogP contribution in [0.25, 0.3) is 11.4 Å². The topological polar surface area (TPSA) is 63.9 Å². The molecular formula is C22H23F2N5O. The third kappa shape index (κ3) is 4.22. The summed E-state index contributed by atoms with van der Waals surface area (Å²) in [4.78, 5) is 27.8. The molecule has 3 aromatic rings. The first-order valence-electron chi connectivity index (χ1n) is 9.95. The van der Waals surface area contributed by atoms with E-state index in [9.17, 15) is 13.6 Å². The van der Waals surface area contributed by atoms with Crippen LogP contribution in [-0.4, -0.2) is 43.4 Å². The lowest BCUT2D eigenvalue weighted by Crippen LogP contribution is -2.40. The fourth-order valence-corrected chi connectivity index (χ4v) is 3.94. The molecule has 1 amide bonds. The van der Waals surface area contributed by atoms with E-state index in [0.29, 0.717) is 19.5 Å². The van der Waals surface area contributed by atoms with Gasteiger partial charge < -0.3 is 9.47 Å². The summed E-state index contributed by atoms with van der Waals surface area (Å²) < 4.78 is 29.0. The summed E-state index contributed by atoms with van der Waals surface area (Å²) in [6, 6.07) is 2.94. The molecule has 30 heavy (non-hydrogen) atoms. The summed E-state index contributed by atoms with van der Waals surface area (Å²) in [5.41, 5.74) is 2.55. The van der Waals surface area contributed by atoms with Crippen molar-refractivity contribution >= 4 is 5.91 Å². The number of benzene rings is 1. The minimum Gasteiger partial charge on any atom is -0.338 e. The average Bonchev–Trinajstić information content (AvgIpc) is 3.06. The number of halogens is 2. The number of aromatic nitrogens is 4. The van der Waals surface area contributed by atoms with Gasteiger partial charge in [0.15, 0.2) is 0 Å². The van der Waals surface area contributed by atoms with E-state index >= 15 is 0 Å². The van der Waals surface area contributed by atoms with Crippen LogP contribution in [0.5, 0.6) is 0 Å². The average molecular weight is 411 g/mol. The maximum absolute atomic E-state index is 13.5. The molecule has 0 N–H and O–H groups in total. The van der Waals surface area contributed by atoms with Crippen molar-refractivity contribution in [1.82, 2.24) is 24.4 Å². The molecule has 156 valence electrons. The number of hydrogen-bond acceptors (Lipinski definition) is 4. The van der Waals surface area contributed by atoms with Crippen molar-refractivity contribution in [2.24, 2.45) is 13.0 Å². The number of amides is 1. The molecule has 1 fully saturated rings. The molecule has 6 nitrogen and oxygen atoms in total. The number of rotatable bonds is 4. The predicted octanol–water partition coefficient (Wildman–Crippen LogP) is 3.56. The minimum atomic E-state index is -0.746. The number of likely N-dealkylation sites (tertiary alicyclic amines) is 1. The highest BCUT2D eigenvalue weighted by molar-refractivity contribution is 5.94. The SMILES string of the molecule is Cc1ncc(-c2cncc(CC3CCCN(C(=O)c4cc(F)cc(F)c4)C3)n2)n1C. The largest absolute Gasteiger partial charge is 0.338 e. The number of carbonyl (C=O) groups excluding carboxylic acids is 1. The van der Waals surface area contributed by atoms with Crippen LogP contribution in [0.4, 0.5) is 8.78 Å². The molecule has 8 heteroatoms. The Balaban J connectivity index is 1.47. The van der Waals surface area contributed by atoms with E-state index in [1.165, 1.54) is 0 Å². The smallest absolute Gasteiger partial charge is 0.254 e. The van der Waals surface area contributed by atoms with Gasteiger partial charge in [0.05, 0.1) is 23.8 Å². The summed E-state index contributed by atoms with van der Waals surface area (Å²) in [5, 5.41) is 0. The minimum absolute atomic E-state index is 0.0431. The van der Waals surface area contributed by atoms with Gasteiger partial charge in [0.1, 0.15) is 23.2 Å². The van der Waals surface area contributed by atoms with Crippen molar-refractivity contribution in [1.29, 1.82) is 0 Å². The number of nitrogens with zero attached hydrogens (tertiary/aromatic N) is 5. The Kier molecular flexibility index (Phi) is 5.57. The second kappa shape index (κ2) is 8.30. The highest BCUT2D eigenvalue weighted by atomic mass is 19.1. The zero-order valence-electron chi connectivity index (χ0n) is 17.0. The van der Waals surface area contributed by atoms with Crippen LogP contribution in [0.3, 0.4) is 0 Å². The number of piperidine rings is 1. The fraction of sp³-hybridized carbons (Fsp3) is 0.364. The van der Waals surface area contributed by atoms with E-state index in [0.717, 1.165) is 53.9 Å². The molecule has 0 bridgehead atoms. The molecule has 0 spiro atoms. The van der Waals surface area contributed by atoms with E-state index in [1.807, 2.05) is 18.5 Å². The molecule has 4 rings (SSSR count). The zero-order chi connectivity index (χ0) is 21.3. The van der Waals surface area contributed by atoms with Gasteiger partial charge in [0.25, 0.3) is 5.91 Å². The second-order valence-electron chi connectivity index (χ2n) is 7.77. The van der Waals surface area contributed by atoms with E-state index in [2.05, 4.69) is 9.97 Å². The maximum Gasteiger partial charge on any atom is 0.254 e. The molecule has 3 heterocycles. The van der Waals surface area contributed by atoms with E-state index < -0.39 is 11.6 Å². The number of aryl methyl sites for hydroxylation is 1. The number of imidazole rings is 1. The first-order chi connectivity index (χ1) is 14.4. The van der Waals surface area contributed by atoms with Crippen LogP contribution in [0.15, 0.2) is 36.8 Å². The molecular weight excluding hydrogens is 388 g/mol.